The van der Waals surface area contributed by atoms with Gasteiger partial charge in [0.15, 0.2) is 0 Å². The summed E-state index contributed by atoms with van der Waals surface area (Å²) in [6.45, 7) is 3.06. The molecule has 1 aliphatic heterocycles. The molecule has 2 amide bonds. The third-order valence-corrected chi connectivity index (χ3v) is 3.75. The number of hydrogen-bond donors (Lipinski definition) is 1. The van der Waals surface area contributed by atoms with E-state index in [0.29, 0.717) is 32.5 Å². The van der Waals surface area contributed by atoms with Crippen LogP contribution >= 0.6 is 0 Å². The van der Waals surface area contributed by atoms with Crippen molar-refractivity contribution in [2.45, 2.75) is 25.8 Å². The van der Waals surface area contributed by atoms with Crippen molar-refractivity contribution in [2.24, 2.45) is 0 Å². The van der Waals surface area contributed by atoms with Gasteiger partial charge in [-0.05, 0) is 25.8 Å². The van der Waals surface area contributed by atoms with Crippen LogP contribution in [0.3, 0.4) is 0 Å². The van der Waals surface area contributed by atoms with Crippen molar-refractivity contribution >= 4 is 18.0 Å². The van der Waals surface area contributed by atoms with Crippen molar-refractivity contribution < 1.29 is 24.2 Å². The average molecular weight is 319 g/mol. The smallest absolute Gasteiger partial charge is 0.409 e. The summed E-state index contributed by atoms with van der Waals surface area (Å²) in [4.78, 5) is 36.5. The molecule has 0 atom stereocenters. The Bertz CT molecular complexity index is 594. The Morgan fingerprint density at radius 2 is 1.83 bits per heavy atom. The van der Waals surface area contributed by atoms with E-state index >= 15 is 0 Å². The molecule has 7 heteroatoms. The predicted octanol–water partition coefficient (Wildman–Crippen LogP) is 0.401. The molecule has 1 N–H and O–H groups in total. The van der Waals surface area contributed by atoms with E-state index in [9.17, 15) is 19.5 Å². The maximum atomic E-state index is 12.2. The second-order valence-corrected chi connectivity index (χ2v) is 5.27. The van der Waals surface area contributed by atoms with E-state index in [-0.39, 0.29) is 23.3 Å². The molecule has 0 spiro atoms. The van der Waals surface area contributed by atoms with Gasteiger partial charge in [0, 0.05) is 30.3 Å². The molecule has 2 rings (SSSR count). The van der Waals surface area contributed by atoms with E-state index < -0.39 is 11.9 Å². The van der Waals surface area contributed by atoms with Gasteiger partial charge in [-0.1, -0.05) is 18.2 Å². The fraction of sp³-hybridized carbons (Fsp3) is 0.438. The summed E-state index contributed by atoms with van der Waals surface area (Å²) in [6, 6.07) is 5.83. The van der Waals surface area contributed by atoms with Crippen LogP contribution in [0.25, 0.3) is 0 Å². The van der Waals surface area contributed by atoms with Gasteiger partial charge in [0.1, 0.15) is 0 Å². The fourth-order valence-electron chi connectivity index (χ4n) is 2.54. The van der Waals surface area contributed by atoms with Crippen LogP contribution in [0.1, 0.15) is 40.5 Å². The first-order valence-electron chi connectivity index (χ1n) is 7.55. The monoisotopic (exact) mass is 319 g/mol. The zero-order chi connectivity index (χ0) is 16.8. The Hall–Kier alpha value is -2.57. The van der Waals surface area contributed by atoms with Gasteiger partial charge in [-0.25, -0.2) is 4.79 Å². The highest BCUT2D eigenvalue weighted by Gasteiger charge is 2.25. The standard InChI is InChI=1S/C16H20N2O5/c1-2-23-16(22)18-9-7-11(8-10-18)17-14(19)12-5-3-4-6-13(12)15(20)21/h3-6,11H,2,7-10H2,1H3,(H,17,19)(H,20,21)/p-1. The highest BCUT2D eigenvalue weighted by molar-refractivity contribution is 6.04. The number of nitrogens with zero attached hydrogens (tertiary/aromatic N) is 1. The minimum absolute atomic E-state index is 0.0836. The zero-order valence-electron chi connectivity index (χ0n) is 12.9. The minimum atomic E-state index is -1.38. The Labute approximate surface area is 134 Å². The maximum absolute atomic E-state index is 12.2. The van der Waals surface area contributed by atoms with Crippen LogP contribution < -0.4 is 10.4 Å². The van der Waals surface area contributed by atoms with Gasteiger partial charge < -0.3 is 24.9 Å². The quantitative estimate of drug-likeness (QED) is 0.866. The second kappa shape index (κ2) is 7.62. The maximum Gasteiger partial charge on any atom is 0.409 e. The first kappa shape index (κ1) is 16.8. The molecule has 0 bridgehead atoms. The first-order chi connectivity index (χ1) is 11.0. The van der Waals surface area contributed by atoms with Crippen molar-refractivity contribution in [2.75, 3.05) is 19.7 Å². The molecule has 0 saturated carbocycles. The number of carboxylic acids is 1. The van der Waals surface area contributed by atoms with E-state index in [1.165, 1.54) is 12.1 Å². The topological polar surface area (TPSA) is 98.8 Å². The number of benzene rings is 1. The normalized spacial score (nSPS) is 15.1. The average Bonchev–Trinajstić information content (AvgIpc) is 2.55. The highest BCUT2D eigenvalue weighted by Crippen LogP contribution is 2.14. The summed E-state index contributed by atoms with van der Waals surface area (Å²) in [5, 5.41) is 13.9. The number of amides is 2. The summed E-state index contributed by atoms with van der Waals surface area (Å²) in [7, 11) is 0. The number of carbonyl (C=O) groups is 3. The summed E-state index contributed by atoms with van der Waals surface area (Å²) in [5.41, 5.74) is -0.0470. The van der Waals surface area contributed by atoms with Crippen LogP contribution in [-0.4, -0.2) is 48.6 Å². The van der Waals surface area contributed by atoms with Crippen LogP contribution in [0.5, 0.6) is 0 Å². The van der Waals surface area contributed by atoms with Crippen LogP contribution in [0, 0.1) is 0 Å². The summed E-state index contributed by atoms with van der Waals surface area (Å²) < 4.78 is 4.94. The van der Waals surface area contributed by atoms with Gasteiger partial charge in [-0.3, -0.25) is 4.79 Å². The van der Waals surface area contributed by atoms with Crippen LogP contribution in [0.15, 0.2) is 24.3 Å². The molecule has 1 aliphatic rings. The van der Waals surface area contributed by atoms with Gasteiger partial charge in [0.2, 0.25) is 0 Å². The zero-order valence-corrected chi connectivity index (χ0v) is 12.9. The number of aromatic carboxylic acids is 1. The lowest BCUT2D eigenvalue weighted by Crippen LogP contribution is -2.47. The molecule has 0 radical (unpaired) electrons. The lowest BCUT2D eigenvalue weighted by molar-refractivity contribution is -0.255. The van der Waals surface area contributed by atoms with E-state index in [0.717, 1.165) is 0 Å². The number of piperidine rings is 1. The van der Waals surface area contributed by atoms with Crippen LogP contribution in [-0.2, 0) is 4.74 Å². The van der Waals surface area contributed by atoms with Crippen molar-refractivity contribution in [3.05, 3.63) is 35.4 Å². The van der Waals surface area contributed by atoms with E-state index in [1.54, 1.807) is 24.0 Å². The van der Waals surface area contributed by atoms with Gasteiger partial charge in [0.05, 0.1) is 12.6 Å². The molecule has 1 aromatic rings. The molecule has 1 saturated heterocycles. The summed E-state index contributed by atoms with van der Waals surface area (Å²) in [6.07, 6.45) is 0.843. The van der Waals surface area contributed by atoms with Crippen molar-refractivity contribution in [1.29, 1.82) is 0 Å². The number of carbonyl (C=O) groups excluding carboxylic acids is 3. The van der Waals surface area contributed by atoms with Crippen LogP contribution in [0.2, 0.25) is 0 Å². The number of nitrogens with one attached hydrogen (secondary N) is 1. The third-order valence-electron chi connectivity index (χ3n) is 3.75. The molecule has 7 nitrogen and oxygen atoms in total. The Kier molecular flexibility index (Phi) is 5.56. The van der Waals surface area contributed by atoms with Gasteiger partial charge in [0.25, 0.3) is 5.91 Å². The van der Waals surface area contributed by atoms with Crippen molar-refractivity contribution in [3.8, 4) is 0 Å². The Morgan fingerprint density at radius 1 is 1.22 bits per heavy atom. The summed E-state index contributed by atoms with van der Waals surface area (Å²) in [5.74, 6) is -1.83. The number of hydrogen-bond acceptors (Lipinski definition) is 5. The van der Waals surface area contributed by atoms with Gasteiger partial charge >= 0.3 is 6.09 Å². The molecule has 1 heterocycles. The number of likely N-dealkylation sites (tertiary alicyclic amines) is 1. The third kappa shape index (κ3) is 4.21. The fourth-order valence-corrected chi connectivity index (χ4v) is 2.54. The molecular formula is C16H19N2O5-. The molecule has 1 fully saturated rings. The molecule has 0 unspecified atom stereocenters. The lowest BCUT2D eigenvalue weighted by Gasteiger charge is -2.31. The Balaban J connectivity index is 1.93. The van der Waals surface area contributed by atoms with E-state index in [2.05, 4.69) is 5.32 Å². The molecule has 124 valence electrons. The second-order valence-electron chi connectivity index (χ2n) is 5.27. The lowest BCUT2D eigenvalue weighted by atomic mass is 10.0. The first-order valence-corrected chi connectivity index (χ1v) is 7.55. The molecular weight excluding hydrogens is 300 g/mol. The SMILES string of the molecule is CCOC(=O)N1CCC(NC(=O)c2ccccc2C(=O)[O-])CC1. The largest absolute Gasteiger partial charge is 0.545 e. The molecule has 0 aromatic heterocycles. The number of ether oxygens (including phenoxy) is 1. The molecule has 0 aliphatic carbocycles. The van der Waals surface area contributed by atoms with Crippen molar-refractivity contribution in [1.82, 2.24) is 10.2 Å². The minimum Gasteiger partial charge on any atom is -0.545 e. The van der Waals surface area contributed by atoms with Gasteiger partial charge in [-0.15, -0.1) is 0 Å². The van der Waals surface area contributed by atoms with Crippen LogP contribution in [0.4, 0.5) is 4.79 Å². The molecule has 23 heavy (non-hydrogen) atoms. The summed E-state index contributed by atoms with van der Waals surface area (Å²) >= 11 is 0. The molecule has 1 aromatic carbocycles. The van der Waals surface area contributed by atoms with E-state index in [4.69, 9.17) is 4.74 Å². The number of rotatable bonds is 4. The van der Waals surface area contributed by atoms with E-state index in [1.807, 2.05) is 0 Å². The Morgan fingerprint density at radius 3 is 2.39 bits per heavy atom. The van der Waals surface area contributed by atoms with Crippen molar-refractivity contribution in [3.63, 3.8) is 0 Å². The van der Waals surface area contributed by atoms with Gasteiger partial charge in [-0.2, -0.15) is 0 Å². The highest BCUT2D eigenvalue weighted by atomic mass is 16.6. The number of carboxylic acid groups (broad SMARTS) is 1. The predicted molar refractivity (Wildman–Crippen MR) is 79.9 cm³/mol.